The summed E-state index contributed by atoms with van der Waals surface area (Å²) in [5.41, 5.74) is 0.460. The van der Waals surface area contributed by atoms with Crippen LogP contribution in [-0.4, -0.2) is 5.78 Å². The Morgan fingerprint density at radius 3 is 2.78 bits per heavy atom. The molecule has 1 nitrogen and oxygen atoms in total. The monoisotopic (exact) mass is 268 g/mol. The molecule has 0 aliphatic heterocycles. The van der Waals surface area contributed by atoms with Gasteiger partial charge in [-0.2, -0.15) is 0 Å². The highest BCUT2D eigenvalue weighted by molar-refractivity contribution is 6.30. The summed E-state index contributed by atoms with van der Waals surface area (Å²) in [5, 5.41) is 0.0715. The number of rotatable bonds is 3. The molecule has 1 fully saturated rings. The van der Waals surface area contributed by atoms with Gasteiger partial charge >= 0.3 is 0 Å². The summed E-state index contributed by atoms with van der Waals surface area (Å²) in [6, 6.07) is 4.37. The SMILES string of the molecule is CCC1CCCCC1C(=O)c1ccc(Cl)c(F)c1. The zero-order chi connectivity index (χ0) is 13.1. The van der Waals surface area contributed by atoms with E-state index in [0.717, 1.165) is 25.7 Å². The number of ketones is 1. The molecule has 2 unspecified atom stereocenters. The number of carbonyl (C=O) groups is 1. The van der Waals surface area contributed by atoms with Gasteiger partial charge in [-0.15, -0.1) is 0 Å². The van der Waals surface area contributed by atoms with Crippen molar-refractivity contribution >= 4 is 17.4 Å². The van der Waals surface area contributed by atoms with E-state index in [-0.39, 0.29) is 16.7 Å². The maximum Gasteiger partial charge on any atom is 0.166 e. The predicted molar refractivity (Wildman–Crippen MR) is 71.5 cm³/mol. The van der Waals surface area contributed by atoms with E-state index >= 15 is 0 Å². The molecular formula is C15H18ClFO. The Labute approximate surface area is 112 Å². The van der Waals surface area contributed by atoms with Crippen molar-refractivity contribution in [2.75, 3.05) is 0 Å². The third-order valence-corrected chi connectivity index (χ3v) is 4.28. The lowest BCUT2D eigenvalue weighted by Gasteiger charge is -2.29. The first-order valence-corrected chi connectivity index (χ1v) is 7.00. The average Bonchev–Trinajstić information content (AvgIpc) is 2.41. The largest absolute Gasteiger partial charge is 0.294 e. The molecule has 0 spiro atoms. The van der Waals surface area contributed by atoms with Gasteiger partial charge in [0.2, 0.25) is 0 Å². The minimum atomic E-state index is -0.508. The van der Waals surface area contributed by atoms with Crippen molar-refractivity contribution in [1.82, 2.24) is 0 Å². The standard InChI is InChI=1S/C15H18ClFO/c1-2-10-5-3-4-6-12(10)15(18)11-7-8-13(16)14(17)9-11/h7-10,12H,2-6H2,1H3. The minimum absolute atomic E-state index is 0.0596. The molecule has 0 amide bonds. The van der Waals surface area contributed by atoms with Gasteiger partial charge in [0.25, 0.3) is 0 Å². The molecule has 0 radical (unpaired) electrons. The van der Waals surface area contributed by atoms with Gasteiger partial charge in [-0.25, -0.2) is 4.39 Å². The Bertz CT molecular complexity index is 444. The number of halogens is 2. The van der Waals surface area contributed by atoms with Crippen molar-refractivity contribution in [3.05, 3.63) is 34.6 Å². The summed E-state index contributed by atoms with van der Waals surface area (Å²) in [5.74, 6) is 0.0813. The van der Waals surface area contributed by atoms with Crippen LogP contribution in [0, 0.1) is 17.7 Å². The van der Waals surface area contributed by atoms with Gasteiger partial charge in [0.1, 0.15) is 5.82 Å². The van der Waals surface area contributed by atoms with E-state index in [4.69, 9.17) is 11.6 Å². The van der Waals surface area contributed by atoms with E-state index in [1.54, 1.807) is 6.07 Å². The van der Waals surface area contributed by atoms with E-state index in [9.17, 15) is 9.18 Å². The first kappa shape index (κ1) is 13.5. The highest BCUT2D eigenvalue weighted by atomic mass is 35.5. The van der Waals surface area contributed by atoms with Gasteiger partial charge in [-0.3, -0.25) is 4.79 Å². The average molecular weight is 269 g/mol. The van der Waals surface area contributed by atoms with Gasteiger partial charge in [0, 0.05) is 11.5 Å². The lowest BCUT2D eigenvalue weighted by Crippen LogP contribution is -2.27. The van der Waals surface area contributed by atoms with Crippen molar-refractivity contribution in [1.29, 1.82) is 0 Å². The Morgan fingerprint density at radius 1 is 1.39 bits per heavy atom. The van der Waals surface area contributed by atoms with E-state index < -0.39 is 5.82 Å². The van der Waals surface area contributed by atoms with E-state index in [1.807, 2.05) is 0 Å². The number of hydrogen-bond donors (Lipinski definition) is 0. The molecule has 3 heteroatoms. The number of benzene rings is 1. The highest BCUT2D eigenvalue weighted by Gasteiger charge is 2.30. The molecule has 0 saturated heterocycles. The maximum atomic E-state index is 13.4. The topological polar surface area (TPSA) is 17.1 Å². The van der Waals surface area contributed by atoms with Crippen molar-refractivity contribution in [2.24, 2.45) is 11.8 Å². The van der Waals surface area contributed by atoms with Crippen LogP contribution in [0.5, 0.6) is 0 Å². The normalized spacial score (nSPS) is 23.9. The molecule has 0 bridgehead atoms. The summed E-state index contributed by atoms with van der Waals surface area (Å²) in [6.07, 6.45) is 5.37. The van der Waals surface area contributed by atoms with Gasteiger partial charge in [0.15, 0.2) is 5.78 Å². The summed E-state index contributed by atoms with van der Waals surface area (Å²) >= 11 is 5.64. The number of carbonyl (C=O) groups excluding carboxylic acids is 1. The molecule has 1 saturated carbocycles. The Kier molecular flexibility index (Phi) is 4.39. The predicted octanol–water partition coefficient (Wildman–Crippen LogP) is 4.88. The summed E-state index contributed by atoms with van der Waals surface area (Å²) in [6.45, 7) is 2.12. The van der Waals surface area contributed by atoms with Crippen LogP contribution in [0.15, 0.2) is 18.2 Å². The summed E-state index contributed by atoms with van der Waals surface area (Å²) in [4.78, 5) is 12.4. The van der Waals surface area contributed by atoms with Crippen molar-refractivity contribution in [3.63, 3.8) is 0 Å². The lowest BCUT2D eigenvalue weighted by molar-refractivity contribution is 0.0820. The minimum Gasteiger partial charge on any atom is -0.294 e. The smallest absolute Gasteiger partial charge is 0.166 e. The van der Waals surface area contributed by atoms with Crippen LogP contribution < -0.4 is 0 Å². The fourth-order valence-electron chi connectivity index (χ4n) is 2.90. The third kappa shape index (κ3) is 2.74. The van der Waals surface area contributed by atoms with Crippen LogP contribution in [-0.2, 0) is 0 Å². The van der Waals surface area contributed by atoms with Crippen LogP contribution in [0.4, 0.5) is 4.39 Å². The van der Waals surface area contributed by atoms with Gasteiger partial charge in [0.05, 0.1) is 5.02 Å². The molecule has 18 heavy (non-hydrogen) atoms. The van der Waals surface area contributed by atoms with E-state index in [2.05, 4.69) is 6.92 Å². The Morgan fingerprint density at radius 2 is 2.11 bits per heavy atom. The Hall–Kier alpha value is -0.890. The fourth-order valence-corrected chi connectivity index (χ4v) is 3.02. The number of hydrogen-bond acceptors (Lipinski definition) is 1. The molecule has 0 N–H and O–H groups in total. The second kappa shape index (κ2) is 5.83. The lowest BCUT2D eigenvalue weighted by atomic mass is 9.74. The summed E-state index contributed by atoms with van der Waals surface area (Å²) < 4.78 is 13.4. The Balaban J connectivity index is 2.21. The van der Waals surface area contributed by atoms with E-state index in [0.29, 0.717) is 11.5 Å². The van der Waals surface area contributed by atoms with Crippen molar-refractivity contribution < 1.29 is 9.18 Å². The van der Waals surface area contributed by atoms with Crippen LogP contribution >= 0.6 is 11.6 Å². The maximum absolute atomic E-state index is 13.4. The zero-order valence-electron chi connectivity index (χ0n) is 10.6. The third-order valence-electron chi connectivity index (χ3n) is 3.97. The molecule has 0 aromatic heterocycles. The molecule has 2 atom stereocenters. The molecule has 98 valence electrons. The van der Waals surface area contributed by atoms with Crippen LogP contribution in [0.1, 0.15) is 49.4 Å². The molecular weight excluding hydrogens is 251 g/mol. The quantitative estimate of drug-likeness (QED) is 0.714. The second-order valence-electron chi connectivity index (χ2n) is 5.05. The second-order valence-corrected chi connectivity index (χ2v) is 5.46. The van der Waals surface area contributed by atoms with E-state index in [1.165, 1.54) is 18.6 Å². The molecule has 1 aliphatic carbocycles. The molecule has 1 aromatic carbocycles. The fraction of sp³-hybridized carbons (Fsp3) is 0.533. The first-order chi connectivity index (χ1) is 8.63. The van der Waals surface area contributed by atoms with Crippen molar-refractivity contribution in [2.45, 2.75) is 39.0 Å². The highest BCUT2D eigenvalue weighted by Crippen LogP contribution is 2.34. The molecule has 2 rings (SSSR count). The first-order valence-electron chi connectivity index (χ1n) is 6.62. The van der Waals surface area contributed by atoms with Crippen LogP contribution in [0.25, 0.3) is 0 Å². The van der Waals surface area contributed by atoms with Crippen LogP contribution in [0.3, 0.4) is 0 Å². The number of Topliss-reactive ketones (excluding diaryl/α,β-unsaturated/α-hetero) is 1. The molecule has 0 heterocycles. The summed E-state index contributed by atoms with van der Waals surface area (Å²) in [7, 11) is 0. The molecule has 1 aromatic rings. The van der Waals surface area contributed by atoms with Crippen molar-refractivity contribution in [3.8, 4) is 0 Å². The van der Waals surface area contributed by atoms with Gasteiger partial charge in [-0.1, -0.05) is 37.8 Å². The van der Waals surface area contributed by atoms with Gasteiger partial charge in [-0.05, 0) is 37.0 Å². The zero-order valence-corrected chi connectivity index (χ0v) is 11.3. The molecule has 1 aliphatic rings. The van der Waals surface area contributed by atoms with Crippen LogP contribution in [0.2, 0.25) is 5.02 Å². The van der Waals surface area contributed by atoms with Gasteiger partial charge < -0.3 is 0 Å².